The fraction of sp³-hybridized carbons (Fsp3) is 0.500. The van der Waals surface area contributed by atoms with Gasteiger partial charge in [-0.3, -0.25) is 4.79 Å². The first-order chi connectivity index (χ1) is 6.86. The molecule has 0 aliphatic heterocycles. The predicted octanol–water partition coefficient (Wildman–Crippen LogP) is 1.84. The molecule has 5 radical (unpaired) electrons. The molecular formula is C12H16NO. The SMILES string of the molecule is O=C(NC1CCCCC1)[C]1[CH][CH][CH][CH]1. The second kappa shape index (κ2) is 4.81. The molecular weight excluding hydrogens is 174 g/mol. The van der Waals surface area contributed by atoms with Crippen LogP contribution in [0.5, 0.6) is 0 Å². The maximum absolute atomic E-state index is 11.7. The van der Waals surface area contributed by atoms with Crippen molar-refractivity contribution in [2.45, 2.75) is 38.1 Å². The fourth-order valence-corrected chi connectivity index (χ4v) is 2.04. The number of amides is 1. The Labute approximate surface area is 86.5 Å². The van der Waals surface area contributed by atoms with Crippen molar-refractivity contribution in [1.82, 2.24) is 5.32 Å². The van der Waals surface area contributed by atoms with E-state index in [1.807, 2.05) is 25.7 Å². The molecule has 0 aromatic heterocycles. The van der Waals surface area contributed by atoms with E-state index in [0.29, 0.717) is 6.04 Å². The molecule has 0 unspecified atom stereocenters. The molecule has 2 heteroatoms. The molecule has 2 nitrogen and oxygen atoms in total. The van der Waals surface area contributed by atoms with Crippen LogP contribution in [0.1, 0.15) is 32.1 Å². The zero-order valence-electron chi connectivity index (χ0n) is 8.33. The summed E-state index contributed by atoms with van der Waals surface area (Å²) < 4.78 is 0. The summed E-state index contributed by atoms with van der Waals surface area (Å²) in [5, 5.41) is 3.08. The van der Waals surface area contributed by atoms with Crippen LogP contribution < -0.4 is 5.32 Å². The van der Waals surface area contributed by atoms with Gasteiger partial charge in [0.15, 0.2) is 0 Å². The Morgan fingerprint density at radius 1 is 1.14 bits per heavy atom. The van der Waals surface area contributed by atoms with Crippen LogP contribution in [0.3, 0.4) is 0 Å². The number of rotatable bonds is 2. The molecule has 2 aliphatic carbocycles. The third-order valence-electron chi connectivity index (χ3n) is 2.87. The van der Waals surface area contributed by atoms with Crippen LogP contribution in [0.15, 0.2) is 0 Å². The summed E-state index contributed by atoms with van der Waals surface area (Å²) in [4.78, 5) is 11.7. The summed E-state index contributed by atoms with van der Waals surface area (Å²) in [6, 6.07) is 0.408. The van der Waals surface area contributed by atoms with Crippen molar-refractivity contribution in [2.75, 3.05) is 0 Å². The molecule has 0 heterocycles. The first-order valence-corrected chi connectivity index (χ1v) is 5.39. The van der Waals surface area contributed by atoms with Gasteiger partial charge in [0.25, 0.3) is 0 Å². The minimum absolute atomic E-state index is 0.0851. The highest BCUT2D eigenvalue weighted by atomic mass is 16.1. The molecule has 0 saturated heterocycles. The maximum atomic E-state index is 11.7. The molecule has 14 heavy (non-hydrogen) atoms. The lowest BCUT2D eigenvalue weighted by molar-refractivity contribution is -0.119. The van der Waals surface area contributed by atoms with Gasteiger partial charge in [-0.2, -0.15) is 0 Å². The fourth-order valence-electron chi connectivity index (χ4n) is 2.04. The molecule has 0 bridgehead atoms. The second-order valence-electron chi connectivity index (χ2n) is 3.98. The van der Waals surface area contributed by atoms with E-state index in [-0.39, 0.29) is 5.91 Å². The summed E-state index contributed by atoms with van der Waals surface area (Å²) in [6.45, 7) is 0. The lowest BCUT2D eigenvalue weighted by atomic mass is 9.95. The first-order valence-electron chi connectivity index (χ1n) is 5.39. The highest BCUT2D eigenvalue weighted by molar-refractivity contribution is 5.95. The Morgan fingerprint density at radius 2 is 1.79 bits per heavy atom. The molecule has 2 aliphatic rings. The summed E-state index contributed by atoms with van der Waals surface area (Å²) >= 11 is 0. The highest BCUT2D eigenvalue weighted by Gasteiger charge is 2.26. The van der Waals surface area contributed by atoms with Gasteiger partial charge in [0.2, 0.25) is 5.91 Å². The Hall–Kier alpha value is -0.530. The number of carbonyl (C=O) groups is 1. The van der Waals surface area contributed by atoms with E-state index in [2.05, 4.69) is 5.32 Å². The molecule has 0 aromatic carbocycles. The molecule has 0 atom stereocenters. The van der Waals surface area contributed by atoms with E-state index >= 15 is 0 Å². The molecule has 1 N–H and O–H groups in total. The van der Waals surface area contributed by atoms with Gasteiger partial charge in [0.1, 0.15) is 0 Å². The summed E-state index contributed by atoms with van der Waals surface area (Å²) in [5.41, 5.74) is 0. The smallest absolute Gasteiger partial charge is 0.228 e. The monoisotopic (exact) mass is 190 g/mol. The van der Waals surface area contributed by atoms with Crippen LogP contribution in [0.25, 0.3) is 0 Å². The molecule has 0 aromatic rings. The normalized spacial score (nSPS) is 25.1. The molecule has 2 fully saturated rings. The van der Waals surface area contributed by atoms with E-state index < -0.39 is 0 Å². The van der Waals surface area contributed by atoms with Gasteiger partial charge in [-0.05, 0) is 38.5 Å². The molecule has 2 saturated carbocycles. The van der Waals surface area contributed by atoms with Crippen LogP contribution >= 0.6 is 0 Å². The lowest BCUT2D eigenvalue weighted by Gasteiger charge is -2.23. The van der Waals surface area contributed by atoms with Crippen LogP contribution in [0.2, 0.25) is 0 Å². The Bertz CT molecular complexity index is 190. The average molecular weight is 190 g/mol. The number of nitrogens with one attached hydrogen (secondary N) is 1. The van der Waals surface area contributed by atoms with Crippen molar-refractivity contribution in [3.05, 3.63) is 31.6 Å². The Balaban J connectivity index is 1.75. The van der Waals surface area contributed by atoms with E-state index in [9.17, 15) is 4.79 Å². The maximum Gasteiger partial charge on any atom is 0.228 e. The minimum atomic E-state index is 0.0851. The van der Waals surface area contributed by atoms with Crippen LogP contribution in [0, 0.1) is 31.6 Å². The van der Waals surface area contributed by atoms with E-state index in [4.69, 9.17) is 0 Å². The predicted molar refractivity (Wildman–Crippen MR) is 55.5 cm³/mol. The third-order valence-corrected chi connectivity index (χ3v) is 2.87. The standard InChI is InChI=1S/C12H16NO/c14-12(10-6-4-5-7-10)13-11-8-2-1-3-9-11/h4-7,11H,1-3,8-9H2,(H,13,14). The van der Waals surface area contributed by atoms with Gasteiger partial charge >= 0.3 is 0 Å². The van der Waals surface area contributed by atoms with Crippen LogP contribution in [0.4, 0.5) is 0 Å². The Morgan fingerprint density at radius 3 is 2.43 bits per heavy atom. The quantitative estimate of drug-likeness (QED) is 0.707. The van der Waals surface area contributed by atoms with Crippen molar-refractivity contribution in [3.8, 4) is 0 Å². The number of carbonyl (C=O) groups excluding carboxylic acids is 1. The topological polar surface area (TPSA) is 29.1 Å². The van der Waals surface area contributed by atoms with Crippen molar-refractivity contribution >= 4 is 5.91 Å². The van der Waals surface area contributed by atoms with Crippen molar-refractivity contribution in [2.24, 2.45) is 0 Å². The lowest BCUT2D eigenvalue weighted by Crippen LogP contribution is -2.38. The minimum Gasteiger partial charge on any atom is -0.353 e. The first kappa shape index (κ1) is 10.0. The van der Waals surface area contributed by atoms with E-state index in [0.717, 1.165) is 18.8 Å². The average Bonchev–Trinajstić information content (AvgIpc) is 2.72. The number of hydrogen-bond donors (Lipinski definition) is 1. The number of hydrogen-bond acceptors (Lipinski definition) is 1. The van der Waals surface area contributed by atoms with Crippen LogP contribution in [-0.4, -0.2) is 11.9 Å². The van der Waals surface area contributed by atoms with Gasteiger partial charge in [-0.1, -0.05) is 19.3 Å². The highest BCUT2D eigenvalue weighted by Crippen LogP contribution is 2.24. The molecule has 2 rings (SSSR count). The van der Waals surface area contributed by atoms with Gasteiger partial charge < -0.3 is 5.32 Å². The summed E-state index contributed by atoms with van der Waals surface area (Å²) in [7, 11) is 0. The molecule has 1 amide bonds. The summed E-state index contributed by atoms with van der Waals surface area (Å²) in [5.74, 6) is 0.873. The van der Waals surface area contributed by atoms with Gasteiger partial charge in [-0.25, -0.2) is 0 Å². The zero-order valence-corrected chi connectivity index (χ0v) is 8.33. The summed E-state index contributed by atoms with van der Waals surface area (Å²) in [6.07, 6.45) is 13.6. The van der Waals surface area contributed by atoms with Gasteiger partial charge in [0.05, 0.1) is 5.92 Å². The van der Waals surface area contributed by atoms with E-state index in [1.165, 1.54) is 19.3 Å². The third kappa shape index (κ3) is 2.49. The molecule has 75 valence electrons. The second-order valence-corrected chi connectivity index (χ2v) is 3.98. The van der Waals surface area contributed by atoms with Gasteiger partial charge in [-0.15, -0.1) is 0 Å². The largest absolute Gasteiger partial charge is 0.353 e. The van der Waals surface area contributed by atoms with Gasteiger partial charge in [0, 0.05) is 6.04 Å². The Kier molecular flexibility index (Phi) is 3.44. The van der Waals surface area contributed by atoms with E-state index in [1.54, 1.807) is 0 Å². The van der Waals surface area contributed by atoms with Crippen molar-refractivity contribution in [1.29, 1.82) is 0 Å². The van der Waals surface area contributed by atoms with Crippen molar-refractivity contribution < 1.29 is 4.79 Å². The molecule has 0 spiro atoms. The van der Waals surface area contributed by atoms with Crippen molar-refractivity contribution in [3.63, 3.8) is 0 Å². The zero-order chi connectivity index (χ0) is 9.80. The van der Waals surface area contributed by atoms with Crippen LogP contribution in [-0.2, 0) is 4.79 Å².